The number of anilines is 4. The lowest BCUT2D eigenvalue weighted by molar-refractivity contribution is 0.0995. The van der Waals surface area contributed by atoms with E-state index in [9.17, 15) is 8.42 Å². The molecule has 2 aliphatic rings. The van der Waals surface area contributed by atoms with Gasteiger partial charge in [0.2, 0.25) is 5.95 Å². The van der Waals surface area contributed by atoms with Crippen molar-refractivity contribution in [2.45, 2.75) is 56.7 Å². The monoisotopic (exact) mass is 639 g/mol. The van der Waals surface area contributed by atoms with Crippen LogP contribution < -0.4 is 10.6 Å². The minimum Gasteiger partial charge on any atom is -0.322 e. The fourth-order valence-corrected chi connectivity index (χ4v) is 6.77. The molecule has 1 saturated carbocycles. The number of halogens is 2. The van der Waals surface area contributed by atoms with Crippen LogP contribution in [0.25, 0.3) is 0 Å². The molecule has 1 saturated heterocycles. The van der Waals surface area contributed by atoms with E-state index in [-0.39, 0.29) is 17.0 Å². The zero-order chi connectivity index (χ0) is 26.3. The van der Waals surface area contributed by atoms with Crippen molar-refractivity contribution < 1.29 is 12.8 Å². The van der Waals surface area contributed by atoms with E-state index in [1.54, 1.807) is 12.3 Å². The fourth-order valence-electron chi connectivity index (χ4n) is 5.23. The van der Waals surface area contributed by atoms with Crippen molar-refractivity contribution in [3.8, 4) is 0 Å². The molecule has 3 heterocycles. The summed E-state index contributed by atoms with van der Waals surface area (Å²) in [6, 6.07) is 5.69. The van der Waals surface area contributed by atoms with Crippen LogP contribution in [0.5, 0.6) is 0 Å². The summed E-state index contributed by atoms with van der Waals surface area (Å²) in [6.07, 6.45) is 6.35. The molecular formula is C25H31FIN7O2S. The van der Waals surface area contributed by atoms with Crippen LogP contribution in [0.1, 0.15) is 48.4 Å². The molecule has 5 rings (SSSR count). The van der Waals surface area contributed by atoms with Crippen LogP contribution >= 0.6 is 22.6 Å². The van der Waals surface area contributed by atoms with Crippen LogP contribution in [0.3, 0.4) is 0 Å². The van der Waals surface area contributed by atoms with Gasteiger partial charge in [0.15, 0.2) is 11.6 Å². The number of likely N-dealkylation sites (tertiary alicyclic amines) is 1. The molecule has 9 nitrogen and oxygen atoms in total. The SMILES string of the molecule is Cc1cc(Nc2nc(Nc3cc(C)c(C4CCN(C5CC(S(C)(=O)=O)C5)CC4)cc3F)ncc2I)n[nH]1. The normalized spacial score (nSPS) is 21.0. The molecule has 12 heteroatoms. The molecule has 3 aromatic rings. The first-order valence-electron chi connectivity index (χ1n) is 12.4. The molecule has 0 unspecified atom stereocenters. The van der Waals surface area contributed by atoms with Gasteiger partial charge in [-0.15, -0.1) is 0 Å². The number of rotatable bonds is 7. The van der Waals surface area contributed by atoms with Crippen LogP contribution in [0, 0.1) is 23.2 Å². The van der Waals surface area contributed by atoms with Gasteiger partial charge in [0.1, 0.15) is 15.7 Å². The Morgan fingerprint density at radius 3 is 2.51 bits per heavy atom. The summed E-state index contributed by atoms with van der Waals surface area (Å²) >= 11 is 2.14. The largest absolute Gasteiger partial charge is 0.322 e. The zero-order valence-electron chi connectivity index (χ0n) is 21.1. The molecule has 1 aliphatic heterocycles. The highest BCUT2D eigenvalue weighted by atomic mass is 127. The third-order valence-corrected chi connectivity index (χ3v) is 9.85. The number of hydrogen-bond acceptors (Lipinski definition) is 8. The predicted octanol–water partition coefficient (Wildman–Crippen LogP) is 4.80. The molecule has 0 atom stereocenters. The summed E-state index contributed by atoms with van der Waals surface area (Å²) in [7, 11) is -2.94. The van der Waals surface area contributed by atoms with Crippen LogP contribution in [0.15, 0.2) is 24.4 Å². The number of nitrogens with zero attached hydrogens (tertiary/aromatic N) is 4. The molecule has 1 aliphatic carbocycles. The van der Waals surface area contributed by atoms with E-state index in [2.05, 4.69) is 58.3 Å². The van der Waals surface area contributed by atoms with Crippen LogP contribution in [0.4, 0.5) is 27.7 Å². The second-order valence-corrected chi connectivity index (χ2v) is 13.6. The molecule has 198 valence electrons. The van der Waals surface area contributed by atoms with Gasteiger partial charge < -0.3 is 15.5 Å². The second kappa shape index (κ2) is 10.4. The standard InChI is InChI=1S/C25H31FIN7O2S/c1-14-8-22(29-25-28-13-21(27)24(31-25)30-23-9-15(2)32-33-23)20(26)12-19(14)16-4-6-34(7-5-16)17-10-18(11-17)37(3,35)36/h8-9,12-13,16-18H,4-7,10-11H2,1-3H3,(H3,28,29,30,31,32,33). The number of aromatic amines is 1. The molecule has 1 aromatic carbocycles. The number of piperidine rings is 1. The lowest BCUT2D eigenvalue weighted by Gasteiger charge is -2.45. The second-order valence-electron chi connectivity index (χ2n) is 10.2. The smallest absolute Gasteiger partial charge is 0.229 e. The summed E-state index contributed by atoms with van der Waals surface area (Å²) in [4.78, 5) is 11.2. The van der Waals surface area contributed by atoms with Crippen LogP contribution in [-0.4, -0.2) is 64.1 Å². The van der Waals surface area contributed by atoms with E-state index in [1.165, 1.54) is 6.26 Å². The Bertz CT molecular complexity index is 1400. The molecule has 0 spiro atoms. The lowest BCUT2D eigenvalue weighted by Crippen LogP contribution is -2.51. The van der Waals surface area contributed by atoms with Gasteiger partial charge in [0.05, 0.1) is 14.5 Å². The first kappa shape index (κ1) is 26.3. The van der Waals surface area contributed by atoms with Gasteiger partial charge in [0, 0.05) is 30.3 Å². The molecule has 37 heavy (non-hydrogen) atoms. The third kappa shape index (κ3) is 5.90. The molecule has 0 radical (unpaired) electrons. The van der Waals surface area contributed by atoms with Gasteiger partial charge in [-0.05, 0) is 104 Å². The number of aromatic nitrogens is 4. The van der Waals surface area contributed by atoms with Gasteiger partial charge in [-0.25, -0.2) is 17.8 Å². The Morgan fingerprint density at radius 1 is 1.14 bits per heavy atom. The Balaban J connectivity index is 1.23. The highest BCUT2D eigenvalue weighted by molar-refractivity contribution is 14.1. The first-order valence-corrected chi connectivity index (χ1v) is 15.4. The van der Waals surface area contributed by atoms with Crippen molar-refractivity contribution in [3.05, 3.63) is 50.6 Å². The average molecular weight is 640 g/mol. The molecule has 2 fully saturated rings. The number of aryl methyl sites for hydroxylation is 2. The first-order chi connectivity index (χ1) is 17.6. The van der Waals surface area contributed by atoms with Crippen molar-refractivity contribution in [1.82, 2.24) is 25.1 Å². The summed E-state index contributed by atoms with van der Waals surface area (Å²) in [5.41, 5.74) is 3.32. The minimum absolute atomic E-state index is 0.190. The number of benzene rings is 1. The van der Waals surface area contributed by atoms with Gasteiger partial charge in [-0.3, -0.25) is 5.10 Å². The van der Waals surface area contributed by atoms with Crippen molar-refractivity contribution >= 4 is 55.7 Å². The Morgan fingerprint density at radius 2 is 1.86 bits per heavy atom. The van der Waals surface area contributed by atoms with Gasteiger partial charge >= 0.3 is 0 Å². The average Bonchev–Trinajstić information content (AvgIpc) is 3.21. The number of sulfone groups is 1. The van der Waals surface area contributed by atoms with E-state index in [0.29, 0.717) is 29.3 Å². The molecule has 3 N–H and O–H groups in total. The van der Waals surface area contributed by atoms with Crippen molar-refractivity contribution in [3.63, 3.8) is 0 Å². The molecule has 2 aromatic heterocycles. The quantitative estimate of drug-likeness (QED) is 0.316. The van der Waals surface area contributed by atoms with Crippen molar-refractivity contribution in [2.24, 2.45) is 0 Å². The van der Waals surface area contributed by atoms with Crippen molar-refractivity contribution in [1.29, 1.82) is 0 Å². The third-order valence-electron chi connectivity index (χ3n) is 7.46. The number of hydrogen-bond donors (Lipinski definition) is 3. The van der Waals surface area contributed by atoms with Crippen LogP contribution in [-0.2, 0) is 9.84 Å². The molecule has 0 bridgehead atoms. The fraction of sp³-hybridized carbons (Fsp3) is 0.480. The highest BCUT2D eigenvalue weighted by Crippen LogP contribution is 2.37. The maximum atomic E-state index is 15.2. The summed E-state index contributed by atoms with van der Waals surface area (Å²) in [5, 5.41) is 13.1. The van der Waals surface area contributed by atoms with E-state index in [1.807, 2.05) is 26.0 Å². The zero-order valence-corrected chi connectivity index (χ0v) is 24.0. The Hall–Kier alpha value is -2.32. The van der Waals surface area contributed by atoms with E-state index < -0.39 is 9.84 Å². The minimum atomic E-state index is -2.94. The predicted molar refractivity (Wildman–Crippen MR) is 151 cm³/mol. The van der Waals surface area contributed by atoms with E-state index >= 15 is 4.39 Å². The highest BCUT2D eigenvalue weighted by Gasteiger charge is 2.40. The van der Waals surface area contributed by atoms with Gasteiger partial charge in [-0.1, -0.05) is 0 Å². The lowest BCUT2D eigenvalue weighted by atomic mass is 9.83. The summed E-state index contributed by atoms with van der Waals surface area (Å²) in [6.45, 7) is 5.75. The Kier molecular flexibility index (Phi) is 7.42. The summed E-state index contributed by atoms with van der Waals surface area (Å²) in [5.74, 6) is 1.47. The van der Waals surface area contributed by atoms with E-state index in [4.69, 9.17) is 0 Å². The van der Waals surface area contributed by atoms with Gasteiger partial charge in [0.25, 0.3) is 0 Å². The number of nitrogens with one attached hydrogen (secondary N) is 3. The van der Waals surface area contributed by atoms with Gasteiger partial charge in [-0.2, -0.15) is 10.1 Å². The molecule has 0 amide bonds. The maximum absolute atomic E-state index is 15.2. The van der Waals surface area contributed by atoms with Crippen molar-refractivity contribution in [2.75, 3.05) is 30.0 Å². The molecular weight excluding hydrogens is 608 g/mol. The maximum Gasteiger partial charge on any atom is 0.229 e. The Labute approximate surface area is 230 Å². The number of H-pyrrole nitrogens is 1. The van der Waals surface area contributed by atoms with Crippen LogP contribution in [0.2, 0.25) is 0 Å². The van der Waals surface area contributed by atoms with E-state index in [0.717, 1.165) is 59.2 Å². The topological polar surface area (TPSA) is 116 Å². The summed E-state index contributed by atoms with van der Waals surface area (Å²) < 4.78 is 39.5.